The molecule has 1 N–H and O–H groups in total. The van der Waals surface area contributed by atoms with Crippen LogP contribution < -0.4 is 0 Å². The van der Waals surface area contributed by atoms with Gasteiger partial charge in [0.05, 0.1) is 6.61 Å². The van der Waals surface area contributed by atoms with Crippen LogP contribution in [0.15, 0.2) is 11.6 Å². The Labute approximate surface area is 53.9 Å². The molecule has 3 heteroatoms. The zero-order valence-electron chi connectivity index (χ0n) is 5.33. The fourth-order valence-corrected chi connectivity index (χ4v) is 0.294. The Balaban J connectivity index is 3.31. The van der Waals surface area contributed by atoms with E-state index < -0.39 is 0 Å². The van der Waals surface area contributed by atoms with Gasteiger partial charge in [-0.15, -0.1) is 0 Å². The Bertz CT molecular complexity index is 107. The minimum atomic E-state index is 0.0161. The number of rotatable bonds is 4. The summed E-state index contributed by atoms with van der Waals surface area (Å²) in [4.78, 5) is 9.56. The number of ether oxygens (including phenoxy) is 1. The Morgan fingerprint density at radius 2 is 2.44 bits per heavy atom. The number of aliphatic hydroxyl groups is 1. The lowest BCUT2D eigenvalue weighted by Crippen LogP contribution is -1.90. The highest BCUT2D eigenvalue weighted by Gasteiger charge is 1.82. The minimum Gasteiger partial charge on any atom is -0.464 e. The first kappa shape index (κ1) is 8.17. The molecule has 0 spiro atoms. The van der Waals surface area contributed by atoms with E-state index in [0.717, 1.165) is 5.57 Å². The van der Waals surface area contributed by atoms with Crippen LogP contribution in [0, 0.1) is 0 Å². The number of carbonyl (C=O) groups excluding carboxylic acids is 1. The molecule has 0 bridgehead atoms. The van der Waals surface area contributed by atoms with Crippen molar-refractivity contribution in [2.45, 2.75) is 6.92 Å². The highest BCUT2D eigenvalue weighted by Crippen LogP contribution is 1.87. The second kappa shape index (κ2) is 5.31. The predicted octanol–water partition coefficient (Wildman–Crippen LogP) is 0.0980. The molecule has 0 aliphatic carbocycles. The van der Waals surface area contributed by atoms with Crippen LogP contribution >= 0.6 is 0 Å². The van der Waals surface area contributed by atoms with Gasteiger partial charge in [-0.3, -0.25) is 4.79 Å². The molecule has 0 amide bonds. The molecule has 52 valence electrons. The zero-order chi connectivity index (χ0) is 7.11. The predicted molar refractivity (Wildman–Crippen MR) is 32.9 cm³/mol. The van der Waals surface area contributed by atoms with Crippen LogP contribution in [0.5, 0.6) is 0 Å². The molecule has 0 saturated heterocycles. The summed E-state index contributed by atoms with van der Waals surface area (Å²) in [5.74, 6) is 0. The lowest BCUT2D eigenvalue weighted by molar-refractivity contribution is -0.127. The van der Waals surface area contributed by atoms with Crippen LogP contribution in [0.3, 0.4) is 0 Å². The third-order valence-corrected chi connectivity index (χ3v) is 0.845. The van der Waals surface area contributed by atoms with Crippen molar-refractivity contribution in [2.24, 2.45) is 0 Å². The summed E-state index contributed by atoms with van der Waals surface area (Å²) < 4.78 is 4.34. The van der Waals surface area contributed by atoms with Gasteiger partial charge in [0.1, 0.15) is 6.61 Å². The second-order valence-electron chi connectivity index (χ2n) is 1.64. The Morgan fingerprint density at radius 3 is 2.89 bits per heavy atom. The maximum Gasteiger partial charge on any atom is 0.293 e. The van der Waals surface area contributed by atoms with Crippen LogP contribution in [0.4, 0.5) is 0 Å². The van der Waals surface area contributed by atoms with Crippen molar-refractivity contribution in [1.29, 1.82) is 0 Å². The number of aliphatic hydroxyl groups excluding tert-OH is 1. The third kappa shape index (κ3) is 5.03. The van der Waals surface area contributed by atoms with Gasteiger partial charge in [-0.25, -0.2) is 0 Å². The summed E-state index contributed by atoms with van der Waals surface area (Å²) in [6, 6.07) is 0. The molecule has 0 aromatic heterocycles. The maximum atomic E-state index is 9.56. The van der Waals surface area contributed by atoms with Gasteiger partial charge in [0.25, 0.3) is 6.47 Å². The molecule has 0 aromatic carbocycles. The quantitative estimate of drug-likeness (QED) is 0.333. The van der Waals surface area contributed by atoms with E-state index in [4.69, 9.17) is 5.11 Å². The zero-order valence-corrected chi connectivity index (χ0v) is 5.33. The van der Waals surface area contributed by atoms with Crippen molar-refractivity contribution in [3.63, 3.8) is 0 Å². The molecule has 0 fully saturated rings. The van der Waals surface area contributed by atoms with E-state index in [0.29, 0.717) is 6.47 Å². The summed E-state index contributed by atoms with van der Waals surface area (Å²) in [6.45, 7) is 2.40. The van der Waals surface area contributed by atoms with E-state index >= 15 is 0 Å². The standard InChI is InChI=1S/C6H10O3/c1-6(4-7)2-3-9-5-8/h2,5,7H,3-4H2,1H3/b6-2+. The van der Waals surface area contributed by atoms with Crippen molar-refractivity contribution in [3.8, 4) is 0 Å². The lowest BCUT2D eigenvalue weighted by atomic mass is 10.3. The summed E-state index contributed by atoms with van der Waals surface area (Å²) in [5, 5.41) is 8.42. The normalized spacial score (nSPS) is 11.1. The highest BCUT2D eigenvalue weighted by molar-refractivity contribution is 5.37. The van der Waals surface area contributed by atoms with Crippen LogP contribution in [0.1, 0.15) is 6.92 Å². The topological polar surface area (TPSA) is 46.5 Å². The SMILES string of the molecule is C/C(=C\COC=O)CO. The van der Waals surface area contributed by atoms with Gasteiger partial charge in [0, 0.05) is 0 Å². The van der Waals surface area contributed by atoms with Crippen molar-refractivity contribution in [3.05, 3.63) is 11.6 Å². The minimum absolute atomic E-state index is 0.0161. The summed E-state index contributed by atoms with van der Waals surface area (Å²) >= 11 is 0. The van der Waals surface area contributed by atoms with Crippen LogP contribution in [0.2, 0.25) is 0 Å². The van der Waals surface area contributed by atoms with Gasteiger partial charge < -0.3 is 9.84 Å². The van der Waals surface area contributed by atoms with E-state index in [9.17, 15) is 4.79 Å². The van der Waals surface area contributed by atoms with Crippen molar-refractivity contribution >= 4 is 6.47 Å². The molecule has 9 heavy (non-hydrogen) atoms. The first-order valence-electron chi connectivity index (χ1n) is 2.63. The Hall–Kier alpha value is -0.830. The van der Waals surface area contributed by atoms with Crippen molar-refractivity contribution < 1.29 is 14.6 Å². The van der Waals surface area contributed by atoms with E-state index in [1.807, 2.05) is 0 Å². The lowest BCUT2D eigenvalue weighted by Gasteiger charge is -1.92. The summed E-state index contributed by atoms with van der Waals surface area (Å²) in [5.41, 5.74) is 0.803. The molecule has 0 rings (SSSR count). The van der Waals surface area contributed by atoms with E-state index in [2.05, 4.69) is 4.74 Å². The molecule has 0 atom stereocenters. The van der Waals surface area contributed by atoms with Gasteiger partial charge in [0.15, 0.2) is 0 Å². The smallest absolute Gasteiger partial charge is 0.293 e. The highest BCUT2D eigenvalue weighted by atomic mass is 16.5. The number of hydrogen-bond acceptors (Lipinski definition) is 3. The number of hydrogen-bond donors (Lipinski definition) is 1. The maximum absolute atomic E-state index is 9.56. The second-order valence-corrected chi connectivity index (χ2v) is 1.64. The summed E-state index contributed by atoms with van der Waals surface area (Å²) in [6.07, 6.45) is 1.65. The fraction of sp³-hybridized carbons (Fsp3) is 0.500. The molecular formula is C6H10O3. The average molecular weight is 130 g/mol. The van der Waals surface area contributed by atoms with Gasteiger partial charge in [-0.2, -0.15) is 0 Å². The monoisotopic (exact) mass is 130 g/mol. The molecule has 0 aromatic rings. The average Bonchev–Trinajstić information content (AvgIpc) is 1.89. The van der Waals surface area contributed by atoms with Crippen LogP contribution in [-0.4, -0.2) is 24.8 Å². The first-order chi connectivity index (χ1) is 4.31. The van der Waals surface area contributed by atoms with Gasteiger partial charge >= 0.3 is 0 Å². The Kier molecular flexibility index (Phi) is 4.82. The van der Waals surface area contributed by atoms with Crippen molar-refractivity contribution in [2.75, 3.05) is 13.2 Å². The molecule has 3 nitrogen and oxygen atoms in total. The molecule has 0 radical (unpaired) electrons. The number of carbonyl (C=O) groups is 1. The molecular weight excluding hydrogens is 120 g/mol. The third-order valence-electron chi connectivity index (χ3n) is 0.845. The molecule has 0 unspecified atom stereocenters. The van der Waals surface area contributed by atoms with E-state index in [1.54, 1.807) is 13.0 Å². The van der Waals surface area contributed by atoms with Crippen LogP contribution in [0.25, 0.3) is 0 Å². The first-order valence-corrected chi connectivity index (χ1v) is 2.63. The molecule has 0 heterocycles. The van der Waals surface area contributed by atoms with E-state index in [-0.39, 0.29) is 13.2 Å². The van der Waals surface area contributed by atoms with Gasteiger partial charge in [-0.1, -0.05) is 0 Å². The van der Waals surface area contributed by atoms with Gasteiger partial charge in [0.2, 0.25) is 0 Å². The molecule has 0 saturated carbocycles. The largest absolute Gasteiger partial charge is 0.464 e. The Morgan fingerprint density at radius 1 is 1.78 bits per heavy atom. The van der Waals surface area contributed by atoms with E-state index in [1.165, 1.54) is 0 Å². The van der Waals surface area contributed by atoms with Crippen LogP contribution in [-0.2, 0) is 9.53 Å². The summed E-state index contributed by atoms with van der Waals surface area (Å²) in [7, 11) is 0. The molecule has 0 aliphatic heterocycles. The van der Waals surface area contributed by atoms with Crippen molar-refractivity contribution in [1.82, 2.24) is 0 Å². The van der Waals surface area contributed by atoms with Gasteiger partial charge in [-0.05, 0) is 18.6 Å². The molecule has 0 aliphatic rings. The fourth-order valence-electron chi connectivity index (χ4n) is 0.294.